The second-order valence-corrected chi connectivity index (χ2v) is 13.2. The first-order chi connectivity index (χ1) is 18.5. The molecule has 0 saturated carbocycles. The summed E-state index contributed by atoms with van der Waals surface area (Å²) in [5, 5.41) is 12.9. The predicted octanol–water partition coefficient (Wildman–Crippen LogP) is 6.63. The summed E-state index contributed by atoms with van der Waals surface area (Å²) in [4.78, 5) is 18.7. The number of thiocarbonyl (C=S) groups is 1. The molecule has 0 atom stereocenters. The minimum absolute atomic E-state index is 0.0772. The summed E-state index contributed by atoms with van der Waals surface area (Å²) in [5.74, 6) is 0. The Morgan fingerprint density at radius 3 is 1.46 bits per heavy atom. The molecule has 10 heteroatoms. The summed E-state index contributed by atoms with van der Waals surface area (Å²) >= 11 is 5.26. The van der Waals surface area contributed by atoms with E-state index in [0.717, 1.165) is 11.7 Å². The van der Waals surface area contributed by atoms with Gasteiger partial charge in [-0.2, -0.15) is 0 Å². The van der Waals surface area contributed by atoms with Crippen LogP contribution in [0.2, 0.25) is 0 Å². The van der Waals surface area contributed by atoms with Crippen molar-refractivity contribution in [1.82, 2.24) is 10.2 Å². The molecule has 0 unspecified atom stereocenters. The van der Waals surface area contributed by atoms with Gasteiger partial charge in [0.1, 0.15) is 13.2 Å². The number of aliphatic hydroxyl groups is 1. The summed E-state index contributed by atoms with van der Waals surface area (Å²) in [6, 6.07) is 0. The van der Waals surface area contributed by atoms with Gasteiger partial charge in [0.2, 0.25) is 0 Å². The number of hydrogen-bond donors (Lipinski definition) is 4. The SMILES string of the molecule is CCCCCCCCCCCCCCCCCCCCN(CCO)C(=S)NC.C[N+](C)(C)CCOP(=O)(O)O. The summed E-state index contributed by atoms with van der Waals surface area (Å²) in [5.41, 5.74) is 0. The van der Waals surface area contributed by atoms with Crippen LogP contribution < -0.4 is 5.32 Å². The van der Waals surface area contributed by atoms with E-state index in [-0.39, 0.29) is 13.2 Å². The second kappa shape index (κ2) is 27.9. The van der Waals surface area contributed by atoms with Gasteiger partial charge in [-0.15, -0.1) is 0 Å². The molecule has 8 nitrogen and oxygen atoms in total. The molecule has 0 fully saturated rings. The number of nitrogens with one attached hydrogen (secondary N) is 1. The predicted molar refractivity (Wildman–Crippen MR) is 170 cm³/mol. The number of unbranched alkanes of at least 4 members (excludes halogenated alkanes) is 17. The zero-order valence-electron chi connectivity index (χ0n) is 26.2. The Morgan fingerprint density at radius 1 is 0.769 bits per heavy atom. The van der Waals surface area contributed by atoms with Gasteiger partial charge in [0.25, 0.3) is 0 Å². The first-order valence-corrected chi connectivity index (χ1v) is 17.5. The van der Waals surface area contributed by atoms with E-state index in [2.05, 4.69) is 21.7 Å². The highest BCUT2D eigenvalue weighted by molar-refractivity contribution is 7.80. The first kappa shape index (κ1) is 40.9. The molecule has 4 N–H and O–H groups in total. The molecule has 0 bridgehead atoms. The molecule has 0 heterocycles. The van der Waals surface area contributed by atoms with Crippen molar-refractivity contribution in [2.75, 3.05) is 61.0 Å². The summed E-state index contributed by atoms with van der Waals surface area (Å²) < 4.78 is 15.1. The topological polar surface area (TPSA) is 102 Å². The number of phosphoric ester groups is 1. The third kappa shape index (κ3) is 35.7. The van der Waals surface area contributed by atoms with E-state index in [1.165, 1.54) is 116 Å². The van der Waals surface area contributed by atoms with Crippen molar-refractivity contribution in [1.29, 1.82) is 0 Å². The zero-order chi connectivity index (χ0) is 29.8. The van der Waals surface area contributed by atoms with E-state index < -0.39 is 7.82 Å². The number of nitrogens with zero attached hydrogens (tertiary/aromatic N) is 2. The van der Waals surface area contributed by atoms with Gasteiger partial charge in [-0.3, -0.25) is 4.52 Å². The molecule has 0 aromatic heterocycles. The summed E-state index contributed by atoms with van der Waals surface area (Å²) in [6.45, 7) is 4.70. The van der Waals surface area contributed by atoms with Gasteiger partial charge in [-0.1, -0.05) is 116 Å². The molecule has 0 rings (SSSR count). The maximum Gasteiger partial charge on any atom is 0.469 e. The zero-order valence-corrected chi connectivity index (χ0v) is 27.9. The molecule has 0 saturated heterocycles. The van der Waals surface area contributed by atoms with E-state index in [0.29, 0.717) is 17.6 Å². The number of aliphatic hydroxyl groups excluding tert-OH is 1. The van der Waals surface area contributed by atoms with Gasteiger partial charge < -0.3 is 29.6 Å². The lowest BCUT2D eigenvalue weighted by Crippen LogP contribution is -2.40. The van der Waals surface area contributed by atoms with Crippen LogP contribution in [0.1, 0.15) is 122 Å². The highest BCUT2D eigenvalue weighted by atomic mass is 32.1. The smallest absolute Gasteiger partial charge is 0.395 e. The maximum absolute atomic E-state index is 10.2. The van der Waals surface area contributed by atoms with Crippen LogP contribution in [0.4, 0.5) is 0 Å². The Bertz CT molecular complexity index is 588. The van der Waals surface area contributed by atoms with Crippen LogP contribution >= 0.6 is 20.0 Å². The van der Waals surface area contributed by atoms with Crippen LogP contribution in [0, 0.1) is 0 Å². The molecule has 0 aliphatic rings. The number of hydrogen-bond acceptors (Lipinski definition) is 4. The average Bonchev–Trinajstić information content (AvgIpc) is 2.85. The third-order valence-electron chi connectivity index (χ3n) is 6.67. The molecular formula is C29H65N3O5PS+. The normalized spacial score (nSPS) is 11.7. The van der Waals surface area contributed by atoms with Gasteiger partial charge in [0, 0.05) is 20.1 Å². The van der Waals surface area contributed by atoms with Crippen molar-refractivity contribution in [2.45, 2.75) is 122 Å². The van der Waals surface area contributed by atoms with Crippen LogP contribution in [-0.2, 0) is 9.09 Å². The fraction of sp³-hybridized carbons (Fsp3) is 0.966. The van der Waals surface area contributed by atoms with E-state index >= 15 is 0 Å². The molecule has 0 aliphatic carbocycles. The van der Waals surface area contributed by atoms with Gasteiger partial charge >= 0.3 is 7.82 Å². The van der Waals surface area contributed by atoms with Crippen molar-refractivity contribution < 1.29 is 28.5 Å². The minimum Gasteiger partial charge on any atom is -0.395 e. The third-order valence-corrected chi connectivity index (χ3v) is 7.66. The van der Waals surface area contributed by atoms with Crippen molar-refractivity contribution in [3.05, 3.63) is 0 Å². The molecule has 39 heavy (non-hydrogen) atoms. The Hall–Kier alpha value is -0.280. The first-order valence-electron chi connectivity index (χ1n) is 15.5. The summed E-state index contributed by atoms with van der Waals surface area (Å²) in [7, 11) is 3.35. The van der Waals surface area contributed by atoms with E-state index in [4.69, 9.17) is 27.1 Å². The molecule has 0 spiro atoms. The summed E-state index contributed by atoms with van der Waals surface area (Å²) in [6.07, 6.45) is 25.2. The van der Waals surface area contributed by atoms with Crippen LogP contribution in [0.5, 0.6) is 0 Å². The molecular weight excluding hydrogens is 533 g/mol. The Kier molecular flexibility index (Phi) is 29.2. The van der Waals surface area contributed by atoms with Gasteiger partial charge in [0.05, 0.1) is 27.7 Å². The molecule has 236 valence electrons. The number of quaternary nitrogens is 1. The fourth-order valence-corrected chi connectivity index (χ4v) is 4.73. The quantitative estimate of drug-likeness (QED) is 0.0402. The van der Waals surface area contributed by atoms with Crippen LogP contribution in [0.25, 0.3) is 0 Å². The minimum atomic E-state index is -4.26. The molecule has 0 aromatic rings. The monoisotopic (exact) mass is 598 g/mol. The highest BCUT2D eigenvalue weighted by Crippen LogP contribution is 2.35. The van der Waals surface area contributed by atoms with Crippen LogP contribution in [-0.4, -0.2) is 90.4 Å². The van der Waals surface area contributed by atoms with E-state index in [1.807, 2.05) is 28.2 Å². The standard InChI is InChI=1S/C24H50N2OS.C5H14NO4P/c1-3-4-5-6-7-8-9-10-11-12-13-14-15-16-17-18-19-20-21-26(22-23-27)24(28)25-2;1-6(2,3)4-5-10-11(7,8)9/h27H,3-23H2,1-2H3,(H,25,28);4-5H2,1-3H3,(H-,7,8,9)/p+1. The van der Waals surface area contributed by atoms with E-state index in [1.54, 1.807) is 0 Å². The lowest BCUT2D eigenvalue weighted by molar-refractivity contribution is -0.870. The number of likely N-dealkylation sites (N-methyl/N-ethyl adjacent to an activating group) is 1. The largest absolute Gasteiger partial charge is 0.469 e. The Morgan fingerprint density at radius 2 is 1.15 bits per heavy atom. The van der Waals surface area contributed by atoms with Crippen molar-refractivity contribution >= 4 is 25.2 Å². The van der Waals surface area contributed by atoms with E-state index in [9.17, 15) is 4.57 Å². The molecule has 0 aliphatic heterocycles. The number of phosphoric acid groups is 1. The van der Waals surface area contributed by atoms with Crippen molar-refractivity contribution in [3.8, 4) is 0 Å². The molecule has 0 radical (unpaired) electrons. The lowest BCUT2D eigenvalue weighted by atomic mass is 10.0. The fourth-order valence-electron chi connectivity index (χ4n) is 4.23. The lowest BCUT2D eigenvalue weighted by Gasteiger charge is -2.23. The van der Waals surface area contributed by atoms with Gasteiger partial charge in [-0.05, 0) is 18.6 Å². The van der Waals surface area contributed by atoms with Gasteiger partial charge in [0.15, 0.2) is 5.11 Å². The second-order valence-electron chi connectivity index (χ2n) is 11.6. The average molecular weight is 599 g/mol. The van der Waals surface area contributed by atoms with Crippen molar-refractivity contribution in [3.63, 3.8) is 0 Å². The highest BCUT2D eigenvalue weighted by Gasteiger charge is 2.16. The maximum atomic E-state index is 10.2. The van der Waals surface area contributed by atoms with Crippen LogP contribution in [0.15, 0.2) is 0 Å². The number of rotatable bonds is 25. The molecule has 0 aromatic carbocycles. The van der Waals surface area contributed by atoms with Crippen molar-refractivity contribution in [2.24, 2.45) is 0 Å². The molecule has 0 amide bonds. The Balaban J connectivity index is 0. The van der Waals surface area contributed by atoms with Gasteiger partial charge in [-0.25, -0.2) is 4.57 Å². The van der Waals surface area contributed by atoms with Crippen LogP contribution in [0.3, 0.4) is 0 Å². The Labute approximate surface area is 247 Å².